The van der Waals surface area contributed by atoms with Gasteiger partial charge in [0.1, 0.15) is 5.75 Å². The molecule has 0 unspecified atom stereocenters. The molecule has 1 N–H and O–H groups in total. The number of esters is 1. The van der Waals surface area contributed by atoms with Crippen molar-refractivity contribution in [3.8, 4) is 5.75 Å². The topological polar surface area (TPSA) is 47.6 Å². The summed E-state index contributed by atoms with van der Waals surface area (Å²) in [4.78, 5) is 11.3. The van der Waals surface area contributed by atoms with E-state index in [1.165, 1.54) is 12.1 Å². The van der Waals surface area contributed by atoms with Crippen molar-refractivity contribution in [1.29, 1.82) is 0 Å². The van der Waals surface area contributed by atoms with Crippen molar-refractivity contribution in [1.82, 2.24) is 5.32 Å². The number of carbonyl (C=O) groups is 1. The molecule has 0 fully saturated rings. The standard InChI is InChI=1S/C14H18F3NO3/c1-9(2)21-13(19)8-20-12-5-4-10(7-18-3)6-11(12)14(15,16)17/h4-6,9,18H,7-8H2,1-3H3. The molecule has 0 amide bonds. The van der Waals surface area contributed by atoms with Crippen LogP contribution in [-0.4, -0.2) is 25.7 Å². The predicted molar refractivity (Wildman–Crippen MR) is 70.9 cm³/mol. The Morgan fingerprint density at radius 1 is 1.33 bits per heavy atom. The summed E-state index contributed by atoms with van der Waals surface area (Å²) in [7, 11) is 1.64. The number of hydrogen-bond donors (Lipinski definition) is 1. The Kier molecular flexibility index (Phi) is 6.02. The summed E-state index contributed by atoms with van der Waals surface area (Å²) in [5, 5.41) is 2.77. The Morgan fingerprint density at radius 3 is 2.52 bits per heavy atom. The van der Waals surface area contributed by atoms with Crippen LogP contribution in [0.4, 0.5) is 13.2 Å². The minimum atomic E-state index is -4.55. The van der Waals surface area contributed by atoms with E-state index in [1.54, 1.807) is 20.9 Å². The van der Waals surface area contributed by atoms with Crippen LogP contribution in [0.1, 0.15) is 25.0 Å². The maximum atomic E-state index is 13.0. The lowest BCUT2D eigenvalue weighted by molar-refractivity contribution is -0.151. The number of benzene rings is 1. The quantitative estimate of drug-likeness (QED) is 0.821. The molecule has 0 bridgehead atoms. The van der Waals surface area contributed by atoms with E-state index in [0.717, 1.165) is 6.07 Å². The van der Waals surface area contributed by atoms with E-state index in [9.17, 15) is 18.0 Å². The summed E-state index contributed by atoms with van der Waals surface area (Å²) in [5.41, 5.74) is -0.436. The van der Waals surface area contributed by atoms with Gasteiger partial charge in [0.25, 0.3) is 0 Å². The van der Waals surface area contributed by atoms with Crippen LogP contribution in [0.3, 0.4) is 0 Å². The summed E-state index contributed by atoms with van der Waals surface area (Å²) in [6.45, 7) is 3.03. The number of nitrogens with one attached hydrogen (secondary N) is 1. The molecule has 0 saturated heterocycles. The molecule has 4 nitrogen and oxygen atoms in total. The van der Waals surface area contributed by atoms with Crippen molar-refractivity contribution in [2.75, 3.05) is 13.7 Å². The second-order valence-corrected chi connectivity index (χ2v) is 4.69. The van der Waals surface area contributed by atoms with Crippen molar-refractivity contribution in [2.45, 2.75) is 32.7 Å². The molecule has 1 rings (SSSR count). The van der Waals surface area contributed by atoms with Gasteiger partial charge in [-0.15, -0.1) is 0 Å². The Balaban J connectivity index is 2.88. The van der Waals surface area contributed by atoms with Gasteiger partial charge in [-0.05, 0) is 38.6 Å². The summed E-state index contributed by atoms with van der Waals surface area (Å²) in [6, 6.07) is 3.71. The molecule has 0 aliphatic rings. The molecule has 0 heterocycles. The first-order chi connectivity index (χ1) is 9.74. The van der Waals surface area contributed by atoms with Crippen LogP contribution in [0.5, 0.6) is 5.75 Å². The molecular weight excluding hydrogens is 287 g/mol. The Morgan fingerprint density at radius 2 is 2.00 bits per heavy atom. The van der Waals surface area contributed by atoms with E-state index in [4.69, 9.17) is 9.47 Å². The molecule has 1 aromatic rings. The van der Waals surface area contributed by atoms with Crippen molar-refractivity contribution in [3.63, 3.8) is 0 Å². The van der Waals surface area contributed by atoms with Gasteiger partial charge in [-0.2, -0.15) is 13.2 Å². The normalized spacial score (nSPS) is 11.6. The zero-order valence-electron chi connectivity index (χ0n) is 12.1. The zero-order chi connectivity index (χ0) is 16.0. The third kappa shape index (κ3) is 5.63. The largest absolute Gasteiger partial charge is 0.481 e. The maximum absolute atomic E-state index is 13.0. The first-order valence-corrected chi connectivity index (χ1v) is 6.41. The zero-order valence-corrected chi connectivity index (χ0v) is 12.1. The molecule has 0 spiro atoms. The monoisotopic (exact) mass is 305 g/mol. The van der Waals surface area contributed by atoms with Gasteiger partial charge in [-0.1, -0.05) is 6.07 Å². The maximum Gasteiger partial charge on any atom is 0.419 e. The third-order valence-corrected chi connectivity index (χ3v) is 2.44. The molecule has 0 aromatic heterocycles. The van der Waals surface area contributed by atoms with Crippen LogP contribution in [-0.2, 0) is 22.3 Å². The highest BCUT2D eigenvalue weighted by Crippen LogP contribution is 2.36. The smallest absolute Gasteiger partial charge is 0.419 e. The van der Waals surface area contributed by atoms with E-state index in [2.05, 4.69) is 5.32 Å². The first kappa shape index (κ1) is 17.3. The highest BCUT2D eigenvalue weighted by Gasteiger charge is 2.34. The fourth-order valence-electron chi connectivity index (χ4n) is 1.67. The minimum absolute atomic E-state index is 0.304. The molecular formula is C14H18F3NO3. The van der Waals surface area contributed by atoms with Crippen LogP contribution in [0, 0.1) is 0 Å². The van der Waals surface area contributed by atoms with E-state index in [0.29, 0.717) is 12.1 Å². The van der Waals surface area contributed by atoms with Crippen molar-refractivity contribution in [3.05, 3.63) is 29.3 Å². The van der Waals surface area contributed by atoms with Crippen molar-refractivity contribution in [2.24, 2.45) is 0 Å². The number of ether oxygens (including phenoxy) is 2. The van der Waals surface area contributed by atoms with Gasteiger partial charge in [-0.25, -0.2) is 4.79 Å². The van der Waals surface area contributed by atoms with E-state index < -0.39 is 24.3 Å². The average molecular weight is 305 g/mol. The molecule has 118 valence electrons. The van der Waals surface area contributed by atoms with Gasteiger partial charge in [-0.3, -0.25) is 0 Å². The minimum Gasteiger partial charge on any atom is -0.481 e. The molecule has 7 heteroatoms. The highest BCUT2D eigenvalue weighted by molar-refractivity contribution is 5.71. The second-order valence-electron chi connectivity index (χ2n) is 4.69. The van der Waals surface area contributed by atoms with E-state index in [1.807, 2.05) is 0 Å². The van der Waals surface area contributed by atoms with Gasteiger partial charge < -0.3 is 14.8 Å². The van der Waals surface area contributed by atoms with Gasteiger partial charge in [0.05, 0.1) is 11.7 Å². The molecule has 21 heavy (non-hydrogen) atoms. The number of halogens is 3. The average Bonchev–Trinajstić information content (AvgIpc) is 2.35. The van der Waals surface area contributed by atoms with E-state index >= 15 is 0 Å². The first-order valence-electron chi connectivity index (χ1n) is 6.41. The fourth-order valence-corrected chi connectivity index (χ4v) is 1.67. The van der Waals surface area contributed by atoms with Crippen LogP contribution in [0.2, 0.25) is 0 Å². The van der Waals surface area contributed by atoms with Crippen LogP contribution < -0.4 is 10.1 Å². The Labute approximate surface area is 121 Å². The number of rotatable bonds is 6. The number of carbonyl (C=O) groups excluding carboxylic acids is 1. The fraction of sp³-hybridized carbons (Fsp3) is 0.500. The summed E-state index contributed by atoms with van der Waals surface area (Å²) >= 11 is 0. The molecule has 0 radical (unpaired) electrons. The summed E-state index contributed by atoms with van der Waals surface area (Å²) in [6.07, 6.45) is -4.90. The van der Waals surface area contributed by atoms with Crippen LogP contribution in [0.25, 0.3) is 0 Å². The Hall–Kier alpha value is -1.76. The molecule has 0 aliphatic carbocycles. The van der Waals surface area contributed by atoms with Gasteiger partial charge in [0.2, 0.25) is 0 Å². The third-order valence-electron chi connectivity index (χ3n) is 2.44. The number of hydrogen-bond acceptors (Lipinski definition) is 4. The van der Waals surface area contributed by atoms with Crippen molar-refractivity contribution < 1.29 is 27.4 Å². The van der Waals surface area contributed by atoms with Gasteiger partial charge in [0.15, 0.2) is 6.61 Å². The highest BCUT2D eigenvalue weighted by atomic mass is 19.4. The van der Waals surface area contributed by atoms with Crippen LogP contribution in [0.15, 0.2) is 18.2 Å². The summed E-state index contributed by atoms with van der Waals surface area (Å²) < 4.78 is 48.7. The Bertz CT molecular complexity index is 487. The van der Waals surface area contributed by atoms with Gasteiger partial charge in [0, 0.05) is 6.54 Å². The number of alkyl halides is 3. The summed E-state index contributed by atoms with van der Waals surface area (Å²) in [5.74, 6) is -1.10. The van der Waals surface area contributed by atoms with Gasteiger partial charge >= 0.3 is 12.1 Å². The molecule has 0 saturated carbocycles. The van der Waals surface area contributed by atoms with Crippen LogP contribution >= 0.6 is 0 Å². The lowest BCUT2D eigenvalue weighted by Crippen LogP contribution is -2.20. The lowest BCUT2D eigenvalue weighted by Gasteiger charge is -2.15. The van der Waals surface area contributed by atoms with Crippen molar-refractivity contribution >= 4 is 5.97 Å². The lowest BCUT2D eigenvalue weighted by atomic mass is 10.1. The van der Waals surface area contributed by atoms with E-state index in [-0.39, 0.29) is 11.9 Å². The SMILES string of the molecule is CNCc1ccc(OCC(=O)OC(C)C)c(C(F)(F)F)c1. The second kappa shape index (κ2) is 7.31. The molecule has 1 aromatic carbocycles. The predicted octanol–water partition coefficient (Wildman–Crippen LogP) is 2.76. The molecule has 0 atom stereocenters. The molecule has 0 aliphatic heterocycles.